The molecule has 43 heavy (non-hydrogen) atoms. The average Bonchev–Trinajstić information content (AvgIpc) is 2.99. The third kappa shape index (κ3) is 11.8. The monoisotopic (exact) mass is 597 g/mol. The normalized spacial score (nSPS) is 13.1. The maximum Gasteiger partial charge on any atom is 0.414 e. The number of halogens is 3. The molecule has 2 atom stereocenters. The number of aryl methyl sites for hydroxylation is 1. The zero-order valence-corrected chi connectivity index (χ0v) is 25.5. The van der Waals surface area contributed by atoms with Crippen LogP contribution in [-0.4, -0.2) is 34.9 Å². The molecule has 0 aliphatic heterocycles. The SMILES string of the molecule is CCCCCCCCCc1ccc(-c2cc(C(CCCC(=O)O)CCOC(C)C(F)(F)F)ccc2-c2ccccc2)cn1. The average molecular weight is 598 g/mol. The van der Waals surface area contributed by atoms with Gasteiger partial charge in [0.1, 0.15) is 0 Å². The Bertz CT molecular complexity index is 1230. The minimum atomic E-state index is -4.42. The molecular weight excluding hydrogens is 551 g/mol. The molecule has 0 spiro atoms. The van der Waals surface area contributed by atoms with E-state index in [1.54, 1.807) is 0 Å². The zero-order valence-electron chi connectivity index (χ0n) is 25.5. The highest BCUT2D eigenvalue weighted by atomic mass is 19.4. The molecule has 2 aromatic carbocycles. The van der Waals surface area contributed by atoms with Crippen molar-refractivity contribution in [1.29, 1.82) is 0 Å². The Balaban J connectivity index is 1.82. The lowest BCUT2D eigenvalue weighted by molar-refractivity contribution is -0.214. The largest absolute Gasteiger partial charge is 0.481 e. The summed E-state index contributed by atoms with van der Waals surface area (Å²) in [5, 5.41) is 9.17. The van der Waals surface area contributed by atoms with E-state index in [9.17, 15) is 18.0 Å². The van der Waals surface area contributed by atoms with Crippen molar-refractivity contribution in [2.75, 3.05) is 6.61 Å². The van der Waals surface area contributed by atoms with Crippen LogP contribution in [-0.2, 0) is 16.0 Å². The highest BCUT2D eigenvalue weighted by molar-refractivity contribution is 5.83. The summed E-state index contributed by atoms with van der Waals surface area (Å²) in [6.07, 6.45) is 6.69. The third-order valence-corrected chi connectivity index (χ3v) is 8.01. The van der Waals surface area contributed by atoms with E-state index in [-0.39, 0.29) is 18.9 Å². The van der Waals surface area contributed by atoms with Gasteiger partial charge in [-0.25, -0.2) is 0 Å². The van der Waals surface area contributed by atoms with Gasteiger partial charge in [0.05, 0.1) is 0 Å². The van der Waals surface area contributed by atoms with Gasteiger partial charge >= 0.3 is 12.1 Å². The van der Waals surface area contributed by atoms with Gasteiger partial charge in [0, 0.05) is 30.5 Å². The van der Waals surface area contributed by atoms with Crippen molar-refractivity contribution in [3.63, 3.8) is 0 Å². The number of hydrogen-bond donors (Lipinski definition) is 1. The van der Waals surface area contributed by atoms with Crippen LogP contribution in [0.1, 0.15) is 102 Å². The lowest BCUT2D eigenvalue weighted by atomic mass is 9.86. The van der Waals surface area contributed by atoms with E-state index < -0.39 is 18.2 Å². The van der Waals surface area contributed by atoms with Crippen LogP contribution < -0.4 is 0 Å². The summed E-state index contributed by atoms with van der Waals surface area (Å²) < 4.78 is 44.2. The summed E-state index contributed by atoms with van der Waals surface area (Å²) >= 11 is 0. The molecule has 0 aliphatic carbocycles. The first-order valence-electron chi connectivity index (χ1n) is 15.7. The van der Waals surface area contributed by atoms with Crippen molar-refractivity contribution in [2.24, 2.45) is 0 Å². The predicted octanol–water partition coefficient (Wildman–Crippen LogP) is 10.4. The molecule has 4 nitrogen and oxygen atoms in total. The highest BCUT2D eigenvalue weighted by Crippen LogP contribution is 2.37. The molecule has 0 saturated heterocycles. The zero-order chi connectivity index (χ0) is 31.1. The summed E-state index contributed by atoms with van der Waals surface area (Å²) in [5.41, 5.74) is 6.08. The summed E-state index contributed by atoms with van der Waals surface area (Å²) in [6.45, 7) is 3.17. The molecule has 2 unspecified atom stereocenters. The molecule has 1 heterocycles. The number of carbonyl (C=O) groups is 1. The maximum absolute atomic E-state index is 13.0. The van der Waals surface area contributed by atoms with Crippen molar-refractivity contribution in [3.05, 3.63) is 78.1 Å². The minimum Gasteiger partial charge on any atom is -0.481 e. The van der Waals surface area contributed by atoms with Crippen molar-refractivity contribution < 1.29 is 27.8 Å². The number of alkyl halides is 3. The van der Waals surface area contributed by atoms with Crippen molar-refractivity contribution >= 4 is 5.97 Å². The Morgan fingerprint density at radius 3 is 2.23 bits per heavy atom. The van der Waals surface area contributed by atoms with E-state index in [0.717, 1.165) is 53.3 Å². The number of aliphatic carboxylic acids is 1. The molecule has 0 saturated carbocycles. The smallest absolute Gasteiger partial charge is 0.414 e. The van der Waals surface area contributed by atoms with E-state index in [1.807, 2.05) is 30.5 Å². The number of ether oxygens (including phenoxy) is 1. The van der Waals surface area contributed by atoms with Gasteiger partial charge in [-0.05, 0) is 73.3 Å². The number of aromatic nitrogens is 1. The molecule has 234 valence electrons. The number of carboxylic acids is 1. The van der Waals surface area contributed by atoms with E-state index in [0.29, 0.717) is 19.3 Å². The molecule has 0 aliphatic rings. The van der Waals surface area contributed by atoms with Gasteiger partial charge < -0.3 is 9.84 Å². The van der Waals surface area contributed by atoms with Crippen molar-refractivity contribution in [3.8, 4) is 22.3 Å². The van der Waals surface area contributed by atoms with Gasteiger partial charge in [-0.15, -0.1) is 0 Å². The third-order valence-electron chi connectivity index (χ3n) is 8.01. The standard InChI is InChI=1S/C36H46F3NO3/c1-3-4-5-6-7-8-12-17-32-21-19-31(26-40-32)34-25-30(20-22-33(34)29-14-10-9-11-15-29)28(16-13-18-35(41)42)23-24-43-27(2)36(37,38)39/h9-11,14-15,19-22,25-28H,3-8,12-13,16-18,23-24H2,1-2H3,(H,41,42). The number of benzene rings is 2. The summed E-state index contributed by atoms with van der Waals surface area (Å²) in [4.78, 5) is 16.0. The summed E-state index contributed by atoms with van der Waals surface area (Å²) in [7, 11) is 0. The number of pyridine rings is 1. The molecule has 1 N–H and O–H groups in total. The molecule has 0 amide bonds. The van der Waals surface area contributed by atoms with Crippen LogP contribution in [0.25, 0.3) is 22.3 Å². The highest BCUT2D eigenvalue weighted by Gasteiger charge is 2.36. The second-order valence-electron chi connectivity index (χ2n) is 11.4. The van der Waals surface area contributed by atoms with Gasteiger partial charge in [0.25, 0.3) is 0 Å². The second-order valence-corrected chi connectivity index (χ2v) is 11.4. The Hall–Kier alpha value is -3.19. The first kappa shape index (κ1) is 34.3. The van der Waals surface area contributed by atoms with Gasteiger partial charge in [0.15, 0.2) is 6.10 Å². The number of carboxylic acid groups (broad SMARTS) is 1. The molecular formula is C36H46F3NO3. The molecule has 3 aromatic rings. The minimum absolute atomic E-state index is 0.00931. The second kappa shape index (κ2) is 17.8. The summed E-state index contributed by atoms with van der Waals surface area (Å²) in [6, 6.07) is 20.4. The number of unbranched alkanes of at least 4 members (excludes halogenated alkanes) is 6. The Kier molecular flexibility index (Phi) is 14.2. The Morgan fingerprint density at radius 2 is 1.58 bits per heavy atom. The molecule has 7 heteroatoms. The van der Waals surface area contributed by atoms with Crippen LogP contribution in [0.5, 0.6) is 0 Å². The predicted molar refractivity (Wildman–Crippen MR) is 167 cm³/mol. The number of hydrogen-bond acceptors (Lipinski definition) is 3. The topological polar surface area (TPSA) is 59.4 Å². The van der Waals surface area contributed by atoms with Crippen molar-refractivity contribution in [1.82, 2.24) is 4.98 Å². The van der Waals surface area contributed by atoms with Gasteiger partial charge in [-0.3, -0.25) is 9.78 Å². The van der Waals surface area contributed by atoms with E-state index in [4.69, 9.17) is 14.8 Å². The lowest BCUT2D eigenvalue weighted by Gasteiger charge is -2.22. The van der Waals surface area contributed by atoms with E-state index >= 15 is 0 Å². The van der Waals surface area contributed by atoms with Crippen LogP contribution >= 0.6 is 0 Å². The van der Waals surface area contributed by atoms with Gasteiger partial charge in [0.2, 0.25) is 0 Å². The number of nitrogens with zero attached hydrogens (tertiary/aromatic N) is 1. The van der Waals surface area contributed by atoms with Gasteiger partial charge in [-0.2, -0.15) is 13.2 Å². The number of rotatable bonds is 19. The van der Waals surface area contributed by atoms with Gasteiger partial charge in [-0.1, -0.05) is 100 Å². The molecule has 0 radical (unpaired) electrons. The van der Waals surface area contributed by atoms with Crippen LogP contribution in [0.3, 0.4) is 0 Å². The molecule has 3 rings (SSSR count). The van der Waals surface area contributed by atoms with Crippen LogP contribution in [0, 0.1) is 0 Å². The Labute approximate surface area is 254 Å². The first-order chi connectivity index (χ1) is 20.7. The first-order valence-corrected chi connectivity index (χ1v) is 15.7. The fraction of sp³-hybridized carbons (Fsp3) is 0.500. The summed E-state index contributed by atoms with van der Waals surface area (Å²) in [5.74, 6) is -1.03. The van der Waals surface area contributed by atoms with Crippen LogP contribution in [0.15, 0.2) is 66.9 Å². The van der Waals surface area contributed by atoms with Crippen LogP contribution in [0.2, 0.25) is 0 Å². The fourth-order valence-electron chi connectivity index (χ4n) is 5.38. The van der Waals surface area contributed by atoms with E-state index in [2.05, 4.69) is 43.3 Å². The quantitative estimate of drug-likeness (QED) is 0.140. The molecule has 1 aromatic heterocycles. The lowest BCUT2D eigenvalue weighted by Crippen LogP contribution is -2.29. The van der Waals surface area contributed by atoms with E-state index in [1.165, 1.54) is 38.5 Å². The molecule has 0 fully saturated rings. The molecule has 0 bridgehead atoms. The Morgan fingerprint density at radius 1 is 0.860 bits per heavy atom. The van der Waals surface area contributed by atoms with Crippen LogP contribution in [0.4, 0.5) is 13.2 Å². The maximum atomic E-state index is 13.0. The van der Waals surface area contributed by atoms with Crippen molar-refractivity contribution in [2.45, 2.75) is 109 Å². The fourth-order valence-corrected chi connectivity index (χ4v) is 5.38.